The Bertz CT molecular complexity index is 296. The zero-order chi connectivity index (χ0) is 8.60. The molecule has 1 aliphatic rings. The molecule has 1 N–H and O–H groups in total. The Balaban J connectivity index is 2.35. The molecular weight excluding hydrogens is 172 g/mol. The summed E-state index contributed by atoms with van der Waals surface area (Å²) in [6.07, 6.45) is 1.35. The van der Waals surface area contributed by atoms with Crippen molar-refractivity contribution in [3.05, 3.63) is 29.8 Å². The molecule has 1 aromatic rings. The molecule has 2 rings (SSSR count). The molecule has 1 unspecified atom stereocenters. The van der Waals surface area contributed by atoms with Gasteiger partial charge in [-0.25, -0.2) is 0 Å². The highest BCUT2D eigenvalue weighted by Gasteiger charge is 2.29. The lowest BCUT2D eigenvalue weighted by Gasteiger charge is -2.29. The zero-order valence-electron chi connectivity index (χ0n) is 6.53. The van der Waals surface area contributed by atoms with Crippen molar-refractivity contribution in [1.82, 2.24) is 0 Å². The number of hydrogen-bond acceptors (Lipinski definition) is 3. The van der Waals surface area contributed by atoms with E-state index in [4.69, 9.17) is 4.74 Å². The Morgan fingerprint density at radius 2 is 2.17 bits per heavy atom. The van der Waals surface area contributed by atoms with E-state index in [1.807, 2.05) is 24.3 Å². The van der Waals surface area contributed by atoms with Gasteiger partial charge in [0.25, 0.3) is 5.12 Å². The molecule has 0 amide bonds. The van der Waals surface area contributed by atoms with Gasteiger partial charge in [0.15, 0.2) is 0 Å². The zero-order valence-corrected chi connectivity index (χ0v) is 7.42. The molecule has 12 heavy (non-hydrogen) atoms. The summed E-state index contributed by atoms with van der Waals surface area (Å²) in [6.45, 7) is 0. The first-order chi connectivity index (χ1) is 5.67. The topological polar surface area (TPSA) is 29.5 Å². The van der Waals surface area contributed by atoms with Gasteiger partial charge in [0.05, 0.1) is 0 Å². The van der Waals surface area contributed by atoms with Crippen LogP contribution in [0.2, 0.25) is 0 Å². The summed E-state index contributed by atoms with van der Waals surface area (Å²) < 4.78 is 5.24. The molecule has 1 atom stereocenters. The third-order valence-electron chi connectivity index (χ3n) is 1.97. The van der Waals surface area contributed by atoms with Crippen LogP contribution in [0, 0.1) is 0 Å². The van der Waals surface area contributed by atoms with Crippen LogP contribution < -0.4 is 4.74 Å². The first-order valence-electron chi connectivity index (χ1n) is 3.89. The van der Waals surface area contributed by atoms with Crippen LogP contribution in [0.15, 0.2) is 24.3 Å². The monoisotopic (exact) mass is 182 g/mol. The van der Waals surface area contributed by atoms with Crippen molar-refractivity contribution in [1.29, 1.82) is 0 Å². The summed E-state index contributed by atoms with van der Waals surface area (Å²) in [6, 6.07) is 7.69. The van der Waals surface area contributed by atoms with E-state index in [9.17, 15) is 5.11 Å². The van der Waals surface area contributed by atoms with Gasteiger partial charge in [0.1, 0.15) is 5.75 Å². The van der Waals surface area contributed by atoms with E-state index in [0.717, 1.165) is 17.7 Å². The third kappa shape index (κ3) is 1.42. The van der Waals surface area contributed by atoms with Gasteiger partial charge in [0.2, 0.25) is 0 Å². The molecule has 0 radical (unpaired) electrons. The first-order valence-corrected chi connectivity index (χ1v) is 4.34. The molecular formula is C9H10O2S. The number of para-hydroxylation sites is 1. The molecule has 1 heterocycles. The fourth-order valence-electron chi connectivity index (χ4n) is 1.33. The Hall–Kier alpha value is -0.670. The molecule has 0 saturated heterocycles. The standard InChI is InChI=1S/C9H10O2S/c10-9(12)6-5-7-3-1-2-4-8(7)11-9/h1-4,10,12H,5-6H2. The van der Waals surface area contributed by atoms with Gasteiger partial charge in [-0.1, -0.05) is 18.2 Å². The second kappa shape index (κ2) is 2.68. The minimum absolute atomic E-state index is 0.535. The number of aliphatic hydroxyl groups is 1. The third-order valence-corrected chi connectivity index (χ3v) is 2.28. The number of benzene rings is 1. The Morgan fingerprint density at radius 3 is 3.00 bits per heavy atom. The molecule has 64 valence electrons. The summed E-state index contributed by atoms with van der Waals surface area (Å²) in [5.41, 5.74) is 1.14. The van der Waals surface area contributed by atoms with E-state index >= 15 is 0 Å². The van der Waals surface area contributed by atoms with Gasteiger partial charge in [-0.15, -0.1) is 12.6 Å². The Labute approximate surface area is 76.6 Å². The number of aryl methyl sites for hydroxylation is 1. The highest BCUT2D eigenvalue weighted by molar-refractivity contribution is 7.81. The van der Waals surface area contributed by atoms with Crippen LogP contribution in [0.25, 0.3) is 0 Å². The van der Waals surface area contributed by atoms with E-state index in [0.29, 0.717) is 6.42 Å². The van der Waals surface area contributed by atoms with Crippen LogP contribution >= 0.6 is 12.6 Å². The number of rotatable bonds is 0. The lowest BCUT2D eigenvalue weighted by atomic mass is 10.1. The summed E-state index contributed by atoms with van der Waals surface area (Å²) >= 11 is 3.98. The second-order valence-corrected chi connectivity index (χ2v) is 3.65. The predicted molar refractivity (Wildman–Crippen MR) is 49.3 cm³/mol. The maximum atomic E-state index is 9.46. The molecule has 0 spiro atoms. The average Bonchev–Trinajstić information content (AvgIpc) is 2.02. The Morgan fingerprint density at radius 1 is 1.42 bits per heavy atom. The van der Waals surface area contributed by atoms with Crippen molar-refractivity contribution in [2.75, 3.05) is 0 Å². The van der Waals surface area contributed by atoms with Gasteiger partial charge in [-0.05, 0) is 18.1 Å². The van der Waals surface area contributed by atoms with Crippen molar-refractivity contribution in [3.8, 4) is 5.75 Å². The quantitative estimate of drug-likeness (QED) is 0.471. The number of fused-ring (bicyclic) bond motifs is 1. The van der Waals surface area contributed by atoms with Gasteiger partial charge in [-0.3, -0.25) is 0 Å². The highest BCUT2D eigenvalue weighted by Crippen LogP contribution is 2.33. The van der Waals surface area contributed by atoms with E-state index in [-0.39, 0.29) is 0 Å². The maximum absolute atomic E-state index is 9.46. The highest BCUT2D eigenvalue weighted by atomic mass is 32.1. The van der Waals surface area contributed by atoms with Crippen LogP contribution in [0.1, 0.15) is 12.0 Å². The summed E-state index contributed by atoms with van der Waals surface area (Å²) in [4.78, 5) is 0. The largest absolute Gasteiger partial charge is 0.453 e. The minimum atomic E-state index is -1.28. The van der Waals surface area contributed by atoms with Gasteiger partial charge in [-0.2, -0.15) is 0 Å². The van der Waals surface area contributed by atoms with Gasteiger partial charge in [0, 0.05) is 6.42 Å². The normalized spacial score (nSPS) is 27.5. The first kappa shape index (κ1) is 7.95. The van der Waals surface area contributed by atoms with Crippen LogP contribution in [0.5, 0.6) is 5.75 Å². The number of hydrogen-bond donors (Lipinski definition) is 2. The number of thiol groups is 1. The molecule has 0 saturated carbocycles. The molecule has 2 nitrogen and oxygen atoms in total. The predicted octanol–water partition coefficient (Wildman–Crippen LogP) is 1.59. The van der Waals surface area contributed by atoms with Gasteiger partial charge < -0.3 is 9.84 Å². The molecule has 1 aliphatic heterocycles. The van der Waals surface area contributed by atoms with E-state index in [1.165, 1.54) is 0 Å². The van der Waals surface area contributed by atoms with Crippen LogP contribution in [0.4, 0.5) is 0 Å². The summed E-state index contributed by atoms with van der Waals surface area (Å²) in [7, 11) is 0. The van der Waals surface area contributed by atoms with E-state index < -0.39 is 5.12 Å². The molecule has 0 aromatic heterocycles. The van der Waals surface area contributed by atoms with Crippen molar-refractivity contribution in [2.45, 2.75) is 18.0 Å². The van der Waals surface area contributed by atoms with Crippen molar-refractivity contribution in [2.24, 2.45) is 0 Å². The van der Waals surface area contributed by atoms with E-state index in [2.05, 4.69) is 12.6 Å². The van der Waals surface area contributed by atoms with Crippen LogP contribution in [-0.4, -0.2) is 10.2 Å². The fraction of sp³-hybridized carbons (Fsp3) is 0.333. The lowest BCUT2D eigenvalue weighted by Crippen LogP contribution is -2.33. The van der Waals surface area contributed by atoms with Crippen LogP contribution in [-0.2, 0) is 6.42 Å². The maximum Gasteiger partial charge on any atom is 0.255 e. The molecule has 1 aromatic carbocycles. The second-order valence-electron chi connectivity index (χ2n) is 2.95. The van der Waals surface area contributed by atoms with Crippen molar-refractivity contribution in [3.63, 3.8) is 0 Å². The smallest absolute Gasteiger partial charge is 0.255 e. The van der Waals surface area contributed by atoms with Crippen molar-refractivity contribution >= 4 is 12.6 Å². The fourth-order valence-corrected chi connectivity index (χ4v) is 1.54. The minimum Gasteiger partial charge on any atom is -0.453 e. The van der Waals surface area contributed by atoms with Crippen molar-refractivity contribution < 1.29 is 9.84 Å². The summed E-state index contributed by atoms with van der Waals surface area (Å²) in [5.74, 6) is 0.737. The average molecular weight is 182 g/mol. The summed E-state index contributed by atoms with van der Waals surface area (Å²) in [5, 5.41) is 8.18. The van der Waals surface area contributed by atoms with Crippen LogP contribution in [0.3, 0.4) is 0 Å². The Kier molecular flexibility index (Phi) is 1.77. The lowest BCUT2D eigenvalue weighted by molar-refractivity contribution is -0.0647. The molecule has 0 aliphatic carbocycles. The number of ether oxygens (including phenoxy) is 1. The molecule has 0 bridgehead atoms. The SMILES string of the molecule is OC1(S)CCc2ccccc2O1. The molecule has 3 heteroatoms. The molecule has 0 fully saturated rings. The van der Waals surface area contributed by atoms with Gasteiger partial charge >= 0.3 is 0 Å². The van der Waals surface area contributed by atoms with E-state index in [1.54, 1.807) is 0 Å².